The molecule has 1 aromatic carbocycles. The SMILES string of the molecule is Cc1nccc(C(Cc2ccccc2F)C(=O)O)n1. The third-order valence-corrected chi connectivity index (χ3v) is 2.83. The van der Waals surface area contributed by atoms with E-state index in [1.54, 1.807) is 31.2 Å². The van der Waals surface area contributed by atoms with Gasteiger partial charge in [-0.2, -0.15) is 0 Å². The molecule has 98 valence electrons. The van der Waals surface area contributed by atoms with E-state index in [0.29, 0.717) is 17.1 Å². The van der Waals surface area contributed by atoms with Crippen LogP contribution in [0.3, 0.4) is 0 Å². The number of aliphatic carboxylic acids is 1. The molecule has 0 amide bonds. The summed E-state index contributed by atoms with van der Waals surface area (Å²) < 4.78 is 13.6. The van der Waals surface area contributed by atoms with Gasteiger partial charge in [-0.25, -0.2) is 14.4 Å². The van der Waals surface area contributed by atoms with Crippen molar-refractivity contribution in [2.75, 3.05) is 0 Å². The second kappa shape index (κ2) is 5.56. The Morgan fingerprint density at radius 1 is 1.37 bits per heavy atom. The maximum atomic E-state index is 13.6. The number of hydrogen-bond donors (Lipinski definition) is 1. The molecule has 0 bridgehead atoms. The van der Waals surface area contributed by atoms with E-state index >= 15 is 0 Å². The molecule has 0 fully saturated rings. The highest BCUT2D eigenvalue weighted by atomic mass is 19.1. The predicted molar refractivity (Wildman–Crippen MR) is 67.2 cm³/mol. The lowest BCUT2D eigenvalue weighted by Crippen LogP contribution is -2.17. The lowest BCUT2D eigenvalue weighted by Gasteiger charge is -2.12. The average molecular weight is 260 g/mol. The Morgan fingerprint density at radius 3 is 2.74 bits per heavy atom. The van der Waals surface area contributed by atoms with Gasteiger partial charge in [-0.3, -0.25) is 4.79 Å². The Balaban J connectivity index is 2.32. The number of carboxylic acid groups (broad SMARTS) is 1. The minimum absolute atomic E-state index is 0.0679. The first-order valence-electron chi connectivity index (χ1n) is 5.83. The first kappa shape index (κ1) is 13.1. The van der Waals surface area contributed by atoms with Crippen molar-refractivity contribution in [3.8, 4) is 0 Å². The Kier molecular flexibility index (Phi) is 3.85. The fraction of sp³-hybridized carbons (Fsp3) is 0.214. The van der Waals surface area contributed by atoms with Crippen molar-refractivity contribution in [2.45, 2.75) is 19.3 Å². The maximum absolute atomic E-state index is 13.6. The first-order chi connectivity index (χ1) is 9.08. The minimum Gasteiger partial charge on any atom is -0.481 e. The predicted octanol–water partition coefficient (Wildman–Crippen LogP) is 2.34. The average Bonchev–Trinajstić information content (AvgIpc) is 2.37. The maximum Gasteiger partial charge on any atom is 0.312 e. The number of halogens is 1. The van der Waals surface area contributed by atoms with Gasteiger partial charge in [-0.15, -0.1) is 0 Å². The summed E-state index contributed by atoms with van der Waals surface area (Å²) in [6.45, 7) is 1.69. The van der Waals surface area contributed by atoms with Crippen molar-refractivity contribution in [2.24, 2.45) is 0 Å². The third-order valence-electron chi connectivity index (χ3n) is 2.83. The van der Waals surface area contributed by atoms with Crippen molar-refractivity contribution >= 4 is 5.97 Å². The van der Waals surface area contributed by atoms with E-state index in [4.69, 9.17) is 0 Å². The number of aryl methyl sites for hydroxylation is 1. The van der Waals surface area contributed by atoms with E-state index in [1.165, 1.54) is 12.3 Å². The van der Waals surface area contributed by atoms with Gasteiger partial charge in [0.1, 0.15) is 17.6 Å². The van der Waals surface area contributed by atoms with Crippen molar-refractivity contribution in [1.29, 1.82) is 0 Å². The molecular formula is C14H13FN2O2. The van der Waals surface area contributed by atoms with Gasteiger partial charge in [-0.05, 0) is 31.0 Å². The summed E-state index contributed by atoms with van der Waals surface area (Å²) in [5.74, 6) is -1.81. The van der Waals surface area contributed by atoms with E-state index in [2.05, 4.69) is 9.97 Å². The van der Waals surface area contributed by atoms with E-state index in [-0.39, 0.29) is 6.42 Å². The molecule has 5 heteroatoms. The molecule has 0 aliphatic carbocycles. The molecule has 0 saturated carbocycles. The van der Waals surface area contributed by atoms with Crippen molar-refractivity contribution in [1.82, 2.24) is 9.97 Å². The largest absolute Gasteiger partial charge is 0.481 e. The van der Waals surface area contributed by atoms with E-state index < -0.39 is 17.7 Å². The molecule has 2 rings (SSSR count). The first-order valence-corrected chi connectivity index (χ1v) is 5.83. The number of carboxylic acids is 1. The molecule has 0 radical (unpaired) electrons. The Hall–Kier alpha value is -2.30. The smallest absolute Gasteiger partial charge is 0.312 e. The zero-order valence-electron chi connectivity index (χ0n) is 10.4. The third kappa shape index (κ3) is 3.13. The quantitative estimate of drug-likeness (QED) is 0.916. The van der Waals surface area contributed by atoms with E-state index in [0.717, 1.165) is 0 Å². The summed E-state index contributed by atoms with van der Waals surface area (Å²) >= 11 is 0. The molecular weight excluding hydrogens is 247 g/mol. The number of benzene rings is 1. The number of hydrogen-bond acceptors (Lipinski definition) is 3. The van der Waals surface area contributed by atoms with E-state index in [1.807, 2.05) is 0 Å². The standard InChI is InChI=1S/C14H13FN2O2/c1-9-16-7-6-13(17-9)11(14(18)19)8-10-4-2-3-5-12(10)15/h2-7,11H,8H2,1H3,(H,18,19). The summed E-state index contributed by atoms with van der Waals surface area (Å²) in [7, 11) is 0. The lowest BCUT2D eigenvalue weighted by atomic mass is 9.95. The highest BCUT2D eigenvalue weighted by Gasteiger charge is 2.23. The number of nitrogens with zero attached hydrogens (tertiary/aromatic N) is 2. The molecule has 1 unspecified atom stereocenters. The Labute approximate surface area is 110 Å². The molecule has 2 aromatic rings. The van der Waals surface area contributed by atoms with Gasteiger partial charge >= 0.3 is 5.97 Å². The highest BCUT2D eigenvalue weighted by molar-refractivity contribution is 5.75. The number of rotatable bonds is 4. The molecule has 0 aliphatic rings. The monoisotopic (exact) mass is 260 g/mol. The van der Waals surface area contributed by atoms with Crippen LogP contribution < -0.4 is 0 Å². The zero-order valence-corrected chi connectivity index (χ0v) is 10.4. The summed E-state index contributed by atoms with van der Waals surface area (Å²) in [5.41, 5.74) is 0.759. The van der Waals surface area contributed by atoms with Crippen LogP contribution in [0.4, 0.5) is 4.39 Å². The van der Waals surface area contributed by atoms with Crippen LogP contribution in [0.25, 0.3) is 0 Å². The molecule has 0 saturated heterocycles. The van der Waals surface area contributed by atoms with Crippen LogP contribution in [-0.4, -0.2) is 21.0 Å². The van der Waals surface area contributed by atoms with Crippen LogP contribution >= 0.6 is 0 Å². The van der Waals surface area contributed by atoms with Gasteiger partial charge in [-0.1, -0.05) is 18.2 Å². The molecule has 0 aliphatic heterocycles. The summed E-state index contributed by atoms with van der Waals surface area (Å²) in [4.78, 5) is 19.4. The van der Waals surface area contributed by atoms with Gasteiger partial charge in [0.2, 0.25) is 0 Å². The number of carbonyl (C=O) groups is 1. The summed E-state index contributed by atoms with van der Waals surface area (Å²) in [5, 5.41) is 9.29. The van der Waals surface area contributed by atoms with Crippen LogP contribution in [0.1, 0.15) is 23.0 Å². The lowest BCUT2D eigenvalue weighted by molar-refractivity contribution is -0.138. The van der Waals surface area contributed by atoms with Gasteiger partial charge in [0.05, 0.1) is 5.69 Å². The van der Waals surface area contributed by atoms with Crippen LogP contribution in [0.15, 0.2) is 36.5 Å². The number of aromatic nitrogens is 2. The molecule has 1 aromatic heterocycles. The van der Waals surface area contributed by atoms with Gasteiger partial charge in [0.25, 0.3) is 0 Å². The summed E-state index contributed by atoms with van der Waals surface area (Å²) in [6, 6.07) is 7.71. The normalized spacial score (nSPS) is 12.1. The Morgan fingerprint density at radius 2 is 2.11 bits per heavy atom. The molecule has 19 heavy (non-hydrogen) atoms. The molecule has 0 spiro atoms. The van der Waals surface area contributed by atoms with Crippen molar-refractivity contribution in [3.63, 3.8) is 0 Å². The molecule has 1 N–H and O–H groups in total. The van der Waals surface area contributed by atoms with Crippen LogP contribution in [0.2, 0.25) is 0 Å². The van der Waals surface area contributed by atoms with E-state index in [9.17, 15) is 14.3 Å². The topological polar surface area (TPSA) is 63.1 Å². The van der Waals surface area contributed by atoms with Crippen LogP contribution in [-0.2, 0) is 11.2 Å². The second-order valence-electron chi connectivity index (χ2n) is 4.22. The van der Waals surface area contributed by atoms with Crippen molar-refractivity contribution < 1.29 is 14.3 Å². The molecule has 1 heterocycles. The fourth-order valence-electron chi connectivity index (χ4n) is 1.87. The van der Waals surface area contributed by atoms with Gasteiger partial charge in [0.15, 0.2) is 0 Å². The highest BCUT2D eigenvalue weighted by Crippen LogP contribution is 2.21. The summed E-state index contributed by atoms with van der Waals surface area (Å²) in [6.07, 6.45) is 1.58. The zero-order chi connectivity index (χ0) is 13.8. The van der Waals surface area contributed by atoms with Crippen LogP contribution in [0.5, 0.6) is 0 Å². The van der Waals surface area contributed by atoms with Gasteiger partial charge < -0.3 is 5.11 Å². The van der Waals surface area contributed by atoms with Crippen LogP contribution in [0, 0.1) is 12.7 Å². The van der Waals surface area contributed by atoms with Gasteiger partial charge in [0, 0.05) is 6.20 Å². The molecule has 1 atom stereocenters. The fourth-order valence-corrected chi connectivity index (χ4v) is 1.87. The second-order valence-corrected chi connectivity index (χ2v) is 4.22. The molecule has 4 nitrogen and oxygen atoms in total. The van der Waals surface area contributed by atoms with Crippen molar-refractivity contribution in [3.05, 3.63) is 59.4 Å². The Bertz CT molecular complexity index is 602. The minimum atomic E-state index is -1.03.